The Hall–Kier alpha value is -3.50. The molecule has 0 saturated heterocycles. The number of Topliss-reactive ketones (excluding diaryl/α,β-unsaturated/α-hetero) is 1. The first kappa shape index (κ1) is 23.9. The first-order valence-electron chi connectivity index (χ1n) is 12.9. The number of carbonyl (C=O) groups is 1. The molecule has 0 atom stereocenters. The van der Waals surface area contributed by atoms with Crippen LogP contribution in [0.5, 0.6) is 0 Å². The van der Waals surface area contributed by atoms with Crippen molar-refractivity contribution in [2.75, 3.05) is 0 Å². The summed E-state index contributed by atoms with van der Waals surface area (Å²) in [5, 5.41) is 2.15. The summed E-state index contributed by atoms with van der Waals surface area (Å²) in [6.45, 7) is 12.8. The molecule has 4 aromatic rings. The molecule has 2 aliphatic rings. The summed E-state index contributed by atoms with van der Waals surface area (Å²) >= 11 is 1.75. The maximum Gasteiger partial charge on any atom is 0.185 e. The van der Waals surface area contributed by atoms with Crippen molar-refractivity contribution in [3.8, 4) is 33.9 Å². The van der Waals surface area contributed by atoms with Gasteiger partial charge in [-0.2, -0.15) is 0 Å². The molecule has 0 N–H and O–H groups in total. The van der Waals surface area contributed by atoms with Crippen molar-refractivity contribution in [2.45, 2.75) is 47.1 Å². The second-order valence-electron chi connectivity index (χ2n) is 12.1. The molecular weight excluding hydrogens is 472 g/mol. The number of fused-ring (bicyclic) bond motifs is 5. The van der Waals surface area contributed by atoms with Gasteiger partial charge in [-0.05, 0) is 34.4 Å². The Bertz CT molecular complexity index is 1550. The average molecular weight is 505 g/mol. The van der Waals surface area contributed by atoms with Crippen molar-refractivity contribution >= 4 is 17.1 Å². The van der Waals surface area contributed by atoms with Gasteiger partial charge in [0.05, 0.1) is 11.4 Å². The molecule has 2 aromatic carbocycles. The van der Waals surface area contributed by atoms with E-state index in [-0.39, 0.29) is 16.6 Å². The van der Waals surface area contributed by atoms with Gasteiger partial charge in [-0.25, -0.2) is 4.98 Å². The van der Waals surface area contributed by atoms with Crippen LogP contribution in [-0.4, -0.2) is 15.3 Å². The van der Waals surface area contributed by atoms with Gasteiger partial charge in [0.25, 0.3) is 0 Å². The Kier molecular flexibility index (Phi) is 5.16. The number of imidazole rings is 1. The maximum absolute atomic E-state index is 13.9. The summed E-state index contributed by atoms with van der Waals surface area (Å²) in [6.07, 6.45) is 4.47. The van der Waals surface area contributed by atoms with E-state index in [2.05, 4.69) is 118 Å². The molecule has 3 nitrogen and oxygen atoms in total. The van der Waals surface area contributed by atoms with Crippen molar-refractivity contribution in [3.63, 3.8) is 0 Å². The van der Waals surface area contributed by atoms with E-state index in [1.54, 1.807) is 11.3 Å². The lowest BCUT2D eigenvalue weighted by Gasteiger charge is -2.39. The number of rotatable bonds is 2. The zero-order chi connectivity index (χ0) is 26.2. The minimum atomic E-state index is -0.622. The Morgan fingerprint density at radius 1 is 0.757 bits per heavy atom. The second-order valence-corrected chi connectivity index (χ2v) is 13.1. The van der Waals surface area contributed by atoms with Gasteiger partial charge in [0.1, 0.15) is 11.4 Å². The van der Waals surface area contributed by atoms with Crippen LogP contribution in [0, 0.1) is 10.8 Å². The highest BCUT2D eigenvalue weighted by atomic mass is 32.1. The van der Waals surface area contributed by atoms with E-state index < -0.39 is 5.54 Å². The van der Waals surface area contributed by atoms with Crippen molar-refractivity contribution in [1.82, 2.24) is 9.55 Å². The second kappa shape index (κ2) is 8.00. The van der Waals surface area contributed by atoms with Crippen LogP contribution < -0.4 is 0 Å². The Morgan fingerprint density at radius 2 is 1.30 bits per heavy atom. The number of benzene rings is 2. The van der Waals surface area contributed by atoms with Gasteiger partial charge in [0, 0.05) is 32.7 Å². The zero-order valence-electron chi connectivity index (χ0n) is 22.3. The highest BCUT2D eigenvalue weighted by molar-refractivity contribution is 7.10. The molecule has 2 aromatic heterocycles. The number of hydrogen-bond acceptors (Lipinski definition) is 3. The molecule has 0 saturated carbocycles. The lowest BCUT2D eigenvalue weighted by atomic mass is 9.68. The summed E-state index contributed by atoms with van der Waals surface area (Å²) in [4.78, 5) is 20.5. The van der Waals surface area contributed by atoms with Crippen molar-refractivity contribution in [1.29, 1.82) is 0 Å². The van der Waals surface area contributed by atoms with E-state index in [0.717, 1.165) is 45.0 Å². The summed E-state index contributed by atoms with van der Waals surface area (Å²) in [5.74, 6) is 1.11. The molecule has 0 fully saturated rings. The molecular formula is C33H32N2OS. The molecule has 1 spiro atoms. The molecule has 0 unspecified atom stereocenters. The van der Waals surface area contributed by atoms with Crippen molar-refractivity contribution < 1.29 is 4.79 Å². The third kappa shape index (κ3) is 3.53. The van der Waals surface area contributed by atoms with Gasteiger partial charge in [-0.15, -0.1) is 11.3 Å². The van der Waals surface area contributed by atoms with Crippen LogP contribution >= 0.6 is 11.3 Å². The quantitative estimate of drug-likeness (QED) is 0.274. The van der Waals surface area contributed by atoms with Crippen LogP contribution in [0.3, 0.4) is 0 Å². The monoisotopic (exact) mass is 504 g/mol. The van der Waals surface area contributed by atoms with Crippen LogP contribution in [0.15, 0.2) is 95.4 Å². The first-order valence-corrected chi connectivity index (χ1v) is 13.7. The zero-order valence-corrected chi connectivity index (χ0v) is 23.1. The van der Waals surface area contributed by atoms with Crippen molar-refractivity contribution in [3.05, 3.63) is 100 Å². The van der Waals surface area contributed by atoms with Crippen molar-refractivity contribution in [2.24, 2.45) is 10.8 Å². The normalized spacial score (nSPS) is 16.4. The predicted octanol–water partition coefficient (Wildman–Crippen LogP) is 8.53. The molecule has 37 heavy (non-hydrogen) atoms. The van der Waals surface area contributed by atoms with E-state index >= 15 is 0 Å². The van der Waals surface area contributed by atoms with Gasteiger partial charge in [-0.3, -0.25) is 4.79 Å². The third-order valence-corrected chi connectivity index (χ3v) is 8.50. The van der Waals surface area contributed by atoms with Crippen LogP contribution in [0.25, 0.3) is 33.9 Å². The first-order chi connectivity index (χ1) is 17.5. The van der Waals surface area contributed by atoms with Crippen LogP contribution in [0.4, 0.5) is 0 Å². The lowest BCUT2D eigenvalue weighted by molar-refractivity contribution is -0.114. The van der Waals surface area contributed by atoms with Gasteiger partial charge < -0.3 is 4.57 Å². The number of nitrogens with zero attached hydrogens (tertiary/aromatic N) is 2. The van der Waals surface area contributed by atoms with E-state index in [4.69, 9.17) is 4.98 Å². The molecule has 0 amide bonds. The molecule has 4 heteroatoms. The highest BCUT2D eigenvalue weighted by Gasteiger charge is 2.50. The maximum atomic E-state index is 13.9. The minimum Gasteiger partial charge on any atom is -0.305 e. The molecule has 6 rings (SSSR count). The molecule has 3 heterocycles. The standard InChI is InChI=1S/C33H32N2OS/c1-31(2,3)24-19-33(20-25(28(24)36)32(4,5)6)29-23(17-18-37-29)30-34-26(21-13-9-7-10-14-21)27(35(30)33)22-15-11-8-12-16-22/h7-20H,1-6H3. The van der Waals surface area contributed by atoms with Crippen LogP contribution in [-0.2, 0) is 10.3 Å². The van der Waals surface area contributed by atoms with Crippen LogP contribution in [0.2, 0.25) is 0 Å². The number of hydrogen-bond donors (Lipinski definition) is 0. The molecule has 1 aliphatic carbocycles. The van der Waals surface area contributed by atoms with Gasteiger partial charge in [-0.1, -0.05) is 102 Å². The van der Waals surface area contributed by atoms with E-state index in [1.165, 1.54) is 4.88 Å². The summed E-state index contributed by atoms with van der Waals surface area (Å²) in [5.41, 5.74) is 5.89. The fraction of sp³-hybridized carbons (Fsp3) is 0.273. The highest BCUT2D eigenvalue weighted by Crippen LogP contribution is 2.56. The Balaban J connectivity index is 1.78. The number of carbonyl (C=O) groups excluding carboxylic acids is 1. The number of ketones is 1. The molecule has 0 bridgehead atoms. The molecule has 0 radical (unpaired) electrons. The lowest BCUT2D eigenvalue weighted by Crippen LogP contribution is -2.38. The predicted molar refractivity (Wildman–Crippen MR) is 154 cm³/mol. The molecule has 186 valence electrons. The third-order valence-electron chi connectivity index (χ3n) is 7.45. The smallest absolute Gasteiger partial charge is 0.185 e. The fourth-order valence-electron chi connectivity index (χ4n) is 5.65. The molecule has 1 aliphatic heterocycles. The van der Waals surface area contributed by atoms with Crippen LogP contribution in [0.1, 0.15) is 46.4 Å². The Labute approximate surface area is 223 Å². The SMILES string of the molecule is CC(C)(C)C1=CC2(C=C(C(C)(C)C)C1=O)c1sccc1-c1nc(-c3ccccc3)c(-c3ccccc3)n12. The van der Waals surface area contributed by atoms with E-state index in [9.17, 15) is 4.79 Å². The average Bonchev–Trinajstić information content (AvgIpc) is 3.54. The van der Waals surface area contributed by atoms with Gasteiger partial charge >= 0.3 is 0 Å². The number of allylic oxidation sites excluding steroid dienone is 4. The topological polar surface area (TPSA) is 34.9 Å². The summed E-state index contributed by atoms with van der Waals surface area (Å²) in [6, 6.07) is 23.1. The van der Waals surface area contributed by atoms with Gasteiger partial charge in [0.2, 0.25) is 0 Å². The minimum absolute atomic E-state index is 0.154. The van der Waals surface area contributed by atoms with Gasteiger partial charge in [0.15, 0.2) is 5.78 Å². The largest absolute Gasteiger partial charge is 0.305 e. The fourth-order valence-corrected chi connectivity index (χ4v) is 6.67. The number of thiophene rings is 1. The number of aromatic nitrogens is 2. The van der Waals surface area contributed by atoms with E-state index in [0.29, 0.717) is 0 Å². The Morgan fingerprint density at radius 3 is 1.84 bits per heavy atom. The summed E-state index contributed by atoms with van der Waals surface area (Å²) < 4.78 is 2.40. The summed E-state index contributed by atoms with van der Waals surface area (Å²) in [7, 11) is 0. The van der Waals surface area contributed by atoms with E-state index in [1.807, 2.05) is 12.1 Å².